The zero-order chi connectivity index (χ0) is 20.1. The third-order valence-electron chi connectivity index (χ3n) is 4.25. The maximum atomic E-state index is 13.4. The Balaban J connectivity index is 1.85. The van der Waals surface area contributed by atoms with Crippen LogP contribution in [0.3, 0.4) is 0 Å². The van der Waals surface area contributed by atoms with E-state index in [1.807, 2.05) is 0 Å². The Labute approximate surface area is 161 Å². The molecule has 1 aromatic heterocycles. The summed E-state index contributed by atoms with van der Waals surface area (Å²) in [4.78, 5) is 16.8. The first-order valence-electron chi connectivity index (χ1n) is 8.75. The van der Waals surface area contributed by atoms with E-state index in [0.717, 1.165) is 17.7 Å². The highest BCUT2D eigenvalue weighted by molar-refractivity contribution is 6.00. The molecule has 6 heteroatoms. The number of hydrogen-bond donors (Lipinski definition) is 1. The molecule has 1 atom stereocenters. The predicted octanol–water partition coefficient (Wildman–Crippen LogP) is 4.42. The summed E-state index contributed by atoms with van der Waals surface area (Å²) in [6.07, 6.45) is 2.61. The van der Waals surface area contributed by atoms with E-state index in [0.29, 0.717) is 22.4 Å². The second-order valence-corrected chi connectivity index (χ2v) is 6.43. The maximum absolute atomic E-state index is 13.4. The van der Waals surface area contributed by atoms with Crippen molar-refractivity contribution in [3.05, 3.63) is 94.8 Å². The van der Waals surface area contributed by atoms with Crippen molar-refractivity contribution in [2.45, 2.75) is 26.1 Å². The molecule has 0 aliphatic carbocycles. The van der Waals surface area contributed by atoms with Gasteiger partial charge in [-0.3, -0.25) is 9.78 Å². The lowest BCUT2D eigenvalue weighted by atomic mass is 9.99. The van der Waals surface area contributed by atoms with Gasteiger partial charge in [0.1, 0.15) is 12.4 Å². The van der Waals surface area contributed by atoms with Crippen LogP contribution in [-0.4, -0.2) is 15.9 Å². The van der Waals surface area contributed by atoms with Crippen molar-refractivity contribution >= 4 is 5.78 Å². The third-order valence-corrected chi connectivity index (χ3v) is 4.25. The van der Waals surface area contributed by atoms with E-state index in [9.17, 15) is 18.7 Å². The molecule has 28 heavy (non-hydrogen) atoms. The van der Waals surface area contributed by atoms with Crippen molar-refractivity contribution < 1.29 is 23.4 Å². The lowest BCUT2D eigenvalue weighted by Crippen LogP contribution is -2.09. The van der Waals surface area contributed by atoms with Gasteiger partial charge < -0.3 is 9.84 Å². The van der Waals surface area contributed by atoms with Crippen molar-refractivity contribution in [2.75, 3.05) is 0 Å². The highest BCUT2D eigenvalue weighted by Crippen LogP contribution is 2.26. The van der Waals surface area contributed by atoms with Crippen LogP contribution in [0.2, 0.25) is 0 Å². The summed E-state index contributed by atoms with van der Waals surface area (Å²) in [6, 6.07) is 11.9. The summed E-state index contributed by atoms with van der Waals surface area (Å²) in [5, 5.41) is 9.84. The molecule has 0 saturated carbocycles. The number of aromatic nitrogens is 1. The number of ketones is 1. The first-order valence-corrected chi connectivity index (χ1v) is 8.75. The molecule has 0 bridgehead atoms. The van der Waals surface area contributed by atoms with E-state index < -0.39 is 17.7 Å². The molecular formula is C22H19F2NO3. The van der Waals surface area contributed by atoms with E-state index in [-0.39, 0.29) is 18.8 Å². The summed E-state index contributed by atoms with van der Waals surface area (Å²) in [7, 11) is 0. The number of benzene rings is 2. The van der Waals surface area contributed by atoms with Crippen molar-refractivity contribution in [1.29, 1.82) is 0 Å². The summed E-state index contributed by atoms with van der Waals surface area (Å²) < 4.78 is 32.2. The number of hydrogen-bond acceptors (Lipinski definition) is 4. The number of rotatable bonds is 7. The topological polar surface area (TPSA) is 59.4 Å². The fourth-order valence-electron chi connectivity index (χ4n) is 2.73. The second-order valence-electron chi connectivity index (χ2n) is 6.43. The Morgan fingerprint density at radius 1 is 1.11 bits per heavy atom. The van der Waals surface area contributed by atoms with Gasteiger partial charge in [-0.2, -0.15) is 0 Å². The molecule has 0 saturated heterocycles. The molecule has 0 fully saturated rings. The van der Waals surface area contributed by atoms with Gasteiger partial charge in [-0.1, -0.05) is 18.2 Å². The van der Waals surface area contributed by atoms with Gasteiger partial charge in [-0.15, -0.1) is 0 Å². The average molecular weight is 383 g/mol. The molecule has 1 heterocycles. The number of pyridine rings is 1. The Kier molecular flexibility index (Phi) is 6.11. The van der Waals surface area contributed by atoms with Crippen LogP contribution in [0.5, 0.6) is 5.75 Å². The minimum absolute atomic E-state index is 0.0294. The molecule has 0 radical (unpaired) electrons. The second kappa shape index (κ2) is 8.71. The fourth-order valence-corrected chi connectivity index (χ4v) is 2.73. The lowest BCUT2D eigenvalue weighted by molar-refractivity contribution is 0.0988. The Hall–Kier alpha value is -3.12. The quantitative estimate of drug-likeness (QED) is 0.614. The van der Waals surface area contributed by atoms with Crippen molar-refractivity contribution in [1.82, 2.24) is 4.98 Å². The predicted molar refractivity (Wildman–Crippen MR) is 100 cm³/mol. The number of ether oxygens (including phenoxy) is 1. The van der Waals surface area contributed by atoms with Crippen molar-refractivity contribution in [3.63, 3.8) is 0 Å². The number of nitrogens with zero attached hydrogens (tertiary/aromatic N) is 1. The molecule has 144 valence electrons. The van der Waals surface area contributed by atoms with Gasteiger partial charge in [-0.25, -0.2) is 8.78 Å². The molecule has 1 N–H and O–H groups in total. The van der Waals surface area contributed by atoms with Gasteiger partial charge in [0.15, 0.2) is 17.4 Å². The average Bonchev–Trinajstić information content (AvgIpc) is 2.69. The van der Waals surface area contributed by atoms with E-state index >= 15 is 0 Å². The monoisotopic (exact) mass is 383 g/mol. The Bertz CT molecular complexity index is 975. The summed E-state index contributed by atoms with van der Waals surface area (Å²) in [5.41, 5.74) is 2.07. The molecule has 0 amide bonds. The van der Waals surface area contributed by atoms with Crippen LogP contribution < -0.4 is 4.74 Å². The standard InChI is InChI=1S/C22H19F2NO3/c1-14(26)17-5-7-22(28-13-16-4-6-19(23)20(24)9-16)18(11-17)21(27)10-15-3-2-8-25-12-15/h2-9,11-12,14,26H,10,13H2,1H3. The van der Waals surface area contributed by atoms with E-state index in [4.69, 9.17) is 4.74 Å². The van der Waals surface area contributed by atoms with Crippen molar-refractivity contribution in [3.8, 4) is 5.75 Å². The highest BCUT2D eigenvalue weighted by atomic mass is 19.2. The van der Waals surface area contributed by atoms with Crippen LogP contribution in [-0.2, 0) is 13.0 Å². The van der Waals surface area contributed by atoms with Gasteiger partial charge in [-0.05, 0) is 53.9 Å². The maximum Gasteiger partial charge on any atom is 0.171 e. The highest BCUT2D eigenvalue weighted by Gasteiger charge is 2.16. The zero-order valence-corrected chi connectivity index (χ0v) is 15.2. The number of carbonyl (C=O) groups is 1. The van der Waals surface area contributed by atoms with Crippen molar-refractivity contribution in [2.24, 2.45) is 0 Å². The van der Waals surface area contributed by atoms with Gasteiger partial charge in [0, 0.05) is 18.8 Å². The molecular weight excluding hydrogens is 364 g/mol. The van der Waals surface area contributed by atoms with Crippen LogP contribution in [0.4, 0.5) is 8.78 Å². The Morgan fingerprint density at radius 2 is 1.93 bits per heavy atom. The molecule has 4 nitrogen and oxygen atoms in total. The SMILES string of the molecule is CC(O)c1ccc(OCc2ccc(F)c(F)c2)c(C(=O)Cc2cccnc2)c1. The Morgan fingerprint density at radius 3 is 2.61 bits per heavy atom. The molecule has 1 unspecified atom stereocenters. The molecule has 2 aromatic carbocycles. The number of halogens is 2. The molecule has 0 aliphatic heterocycles. The van der Waals surface area contributed by atoms with E-state index in [1.165, 1.54) is 6.07 Å². The first-order chi connectivity index (χ1) is 13.4. The summed E-state index contributed by atoms with van der Waals surface area (Å²) in [6.45, 7) is 1.57. The number of carbonyl (C=O) groups excluding carboxylic acids is 1. The fraction of sp³-hybridized carbons (Fsp3) is 0.182. The summed E-state index contributed by atoms with van der Waals surface area (Å²) >= 11 is 0. The van der Waals surface area contributed by atoms with Gasteiger partial charge in [0.25, 0.3) is 0 Å². The number of aliphatic hydroxyl groups is 1. The van der Waals surface area contributed by atoms with Gasteiger partial charge in [0.2, 0.25) is 0 Å². The van der Waals surface area contributed by atoms with E-state index in [1.54, 1.807) is 49.6 Å². The zero-order valence-electron chi connectivity index (χ0n) is 15.2. The first kappa shape index (κ1) is 19.6. The smallest absolute Gasteiger partial charge is 0.171 e. The molecule has 3 rings (SSSR count). The number of aliphatic hydroxyl groups excluding tert-OH is 1. The van der Waals surface area contributed by atoms with Crippen LogP contribution in [0.25, 0.3) is 0 Å². The van der Waals surface area contributed by atoms with E-state index in [2.05, 4.69) is 4.98 Å². The number of Topliss-reactive ketones (excluding diaryl/α,β-unsaturated/α-hetero) is 1. The normalized spacial score (nSPS) is 11.9. The van der Waals surface area contributed by atoms with Crippen LogP contribution in [0, 0.1) is 11.6 Å². The van der Waals surface area contributed by atoms with Crippen LogP contribution in [0.15, 0.2) is 60.9 Å². The molecule has 3 aromatic rings. The van der Waals surface area contributed by atoms with Crippen LogP contribution >= 0.6 is 0 Å². The van der Waals surface area contributed by atoms with Gasteiger partial charge in [0.05, 0.1) is 11.7 Å². The minimum Gasteiger partial charge on any atom is -0.488 e. The summed E-state index contributed by atoms with van der Waals surface area (Å²) in [5.74, 6) is -1.78. The molecule has 0 spiro atoms. The lowest BCUT2D eigenvalue weighted by Gasteiger charge is -2.14. The third kappa shape index (κ3) is 4.78. The molecule has 0 aliphatic rings. The van der Waals surface area contributed by atoms with Gasteiger partial charge >= 0.3 is 0 Å². The minimum atomic E-state index is -0.960. The largest absolute Gasteiger partial charge is 0.488 e. The van der Waals surface area contributed by atoms with Crippen LogP contribution in [0.1, 0.15) is 40.1 Å².